The van der Waals surface area contributed by atoms with Crippen LogP contribution in [0.4, 0.5) is 0 Å². The van der Waals surface area contributed by atoms with Gasteiger partial charge >= 0.3 is 11.9 Å². The summed E-state index contributed by atoms with van der Waals surface area (Å²) in [4.78, 5) is 23.0. The Morgan fingerprint density at radius 2 is 0.844 bits per heavy atom. The average Bonchev–Trinajstić information content (AvgIpc) is 2.78. The van der Waals surface area contributed by atoms with Crippen LogP contribution in [0.2, 0.25) is 0 Å². The Bertz CT molecular complexity index is 405. The molecule has 0 aliphatic rings. The van der Waals surface area contributed by atoms with E-state index < -0.39 is 0 Å². The minimum Gasteiger partial charge on any atom is -0.466 e. The summed E-state index contributed by atoms with van der Waals surface area (Å²) in [5.74, 6) is -0.0494. The number of carbonyl (C=O) groups is 2. The van der Waals surface area contributed by atoms with Gasteiger partial charge in [-0.25, -0.2) is 0 Å². The predicted molar refractivity (Wildman–Crippen MR) is 135 cm³/mol. The molecule has 0 aliphatic carbocycles. The van der Waals surface area contributed by atoms with E-state index in [0.29, 0.717) is 26.1 Å². The van der Waals surface area contributed by atoms with Crippen molar-refractivity contribution < 1.29 is 19.1 Å². The van der Waals surface area contributed by atoms with Crippen molar-refractivity contribution in [2.24, 2.45) is 0 Å². The molecule has 4 nitrogen and oxygen atoms in total. The van der Waals surface area contributed by atoms with Gasteiger partial charge in [-0.15, -0.1) is 0 Å². The summed E-state index contributed by atoms with van der Waals surface area (Å²) in [5, 5.41) is 0. The maximum Gasteiger partial charge on any atom is 0.305 e. The molecule has 0 N–H and O–H groups in total. The van der Waals surface area contributed by atoms with Crippen LogP contribution >= 0.6 is 0 Å². The molecule has 0 spiro atoms. The van der Waals surface area contributed by atoms with Crippen LogP contribution in [0.15, 0.2) is 12.2 Å². The fourth-order valence-electron chi connectivity index (χ4n) is 3.52. The second-order valence-corrected chi connectivity index (χ2v) is 8.94. The summed E-state index contributed by atoms with van der Waals surface area (Å²) >= 11 is 0. The zero-order chi connectivity index (χ0) is 23.5. The highest BCUT2D eigenvalue weighted by Crippen LogP contribution is 2.11. The number of allylic oxidation sites excluding steroid dienone is 2. The normalized spacial score (nSPS) is 11.2. The smallest absolute Gasteiger partial charge is 0.305 e. The highest BCUT2D eigenvalue weighted by Gasteiger charge is 2.02. The number of ether oxygens (including phenoxy) is 2. The highest BCUT2D eigenvalue weighted by molar-refractivity contribution is 5.69. The number of unbranched alkanes of at least 4 members (excludes halogenated alkanes) is 14. The van der Waals surface area contributed by atoms with Crippen LogP contribution in [0.1, 0.15) is 142 Å². The van der Waals surface area contributed by atoms with Crippen LogP contribution in [-0.4, -0.2) is 25.2 Å². The van der Waals surface area contributed by atoms with Gasteiger partial charge in [0.15, 0.2) is 0 Å². The lowest BCUT2D eigenvalue weighted by Crippen LogP contribution is -2.05. The first-order valence-electron chi connectivity index (χ1n) is 13.7. The van der Waals surface area contributed by atoms with Gasteiger partial charge in [0.1, 0.15) is 0 Å². The van der Waals surface area contributed by atoms with E-state index in [0.717, 1.165) is 51.4 Å². The van der Waals surface area contributed by atoms with Gasteiger partial charge in [0.2, 0.25) is 0 Å². The second-order valence-electron chi connectivity index (χ2n) is 8.94. The van der Waals surface area contributed by atoms with Gasteiger partial charge in [0, 0.05) is 12.8 Å². The van der Waals surface area contributed by atoms with Crippen LogP contribution in [0, 0.1) is 0 Å². The lowest BCUT2D eigenvalue weighted by Gasteiger charge is -2.04. The number of rotatable bonds is 24. The van der Waals surface area contributed by atoms with Crippen LogP contribution in [0.25, 0.3) is 0 Å². The summed E-state index contributed by atoms with van der Waals surface area (Å²) in [5.41, 5.74) is 0. The van der Waals surface area contributed by atoms with E-state index in [1.807, 2.05) is 0 Å². The average molecular weight is 453 g/mol. The van der Waals surface area contributed by atoms with Crippen molar-refractivity contribution in [2.45, 2.75) is 142 Å². The van der Waals surface area contributed by atoms with Crippen molar-refractivity contribution in [1.82, 2.24) is 0 Å². The first kappa shape index (κ1) is 30.7. The molecule has 0 aromatic rings. The van der Waals surface area contributed by atoms with Crippen molar-refractivity contribution in [2.75, 3.05) is 13.2 Å². The molecule has 0 radical (unpaired) electrons. The first-order chi connectivity index (χ1) is 15.7. The lowest BCUT2D eigenvalue weighted by atomic mass is 10.1. The molecule has 0 fully saturated rings. The van der Waals surface area contributed by atoms with Gasteiger partial charge in [0.05, 0.1) is 13.2 Å². The zero-order valence-corrected chi connectivity index (χ0v) is 21.3. The van der Waals surface area contributed by atoms with Gasteiger partial charge in [-0.05, 0) is 51.4 Å². The Balaban J connectivity index is 3.22. The largest absolute Gasteiger partial charge is 0.466 e. The Hall–Kier alpha value is -1.32. The summed E-state index contributed by atoms with van der Waals surface area (Å²) in [7, 11) is 0. The third kappa shape index (κ3) is 24.9. The molecule has 0 atom stereocenters. The van der Waals surface area contributed by atoms with Gasteiger partial charge < -0.3 is 9.47 Å². The van der Waals surface area contributed by atoms with Crippen molar-refractivity contribution in [1.29, 1.82) is 0 Å². The quantitative estimate of drug-likeness (QED) is 0.0837. The lowest BCUT2D eigenvalue weighted by molar-refractivity contribution is -0.144. The number of hydrogen-bond donors (Lipinski definition) is 0. The minimum atomic E-state index is -0.0247. The van der Waals surface area contributed by atoms with E-state index in [2.05, 4.69) is 26.0 Å². The van der Waals surface area contributed by atoms with Crippen molar-refractivity contribution in [3.63, 3.8) is 0 Å². The topological polar surface area (TPSA) is 52.6 Å². The van der Waals surface area contributed by atoms with Crippen LogP contribution in [0.3, 0.4) is 0 Å². The molecule has 0 amide bonds. The first-order valence-corrected chi connectivity index (χ1v) is 13.7. The van der Waals surface area contributed by atoms with Crippen LogP contribution in [0.5, 0.6) is 0 Å². The molecule has 0 heterocycles. The highest BCUT2D eigenvalue weighted by atomic mass is 16.5. The van der Waals surface area contributed by atoms with Gasteiger partial charge in [-0.2, -0.15) is 0 Å². The number of hydrogen-bond acceptors (Lipinski definition) is 4. The Kier molecular flexibility index (Phi) is 24.9. The van der Waals surface area contributed by atoms with Gasteiger partial charge in [-0.3, -0.25) is 9.59 Å². The molecule has 4 heteroatoms. The van der Waals surface area contributed by atoms with E-state index >= 15 is 0 Å². The molecule has 0 saturated carbocycles. The predicted octanol–water partition coefficient (Wildman–Crippen LogP) is 8.47. The third-order valence-electron chi connectivity index (χ3n) is 5.69. The summed E-state index contributed by atoms with van der Waals surface area (Å²) in [6.45, 7) is 5.38. The summed E-state index contributed by atoms with van der Waals surface area (Å²) in [6.07, 6.45) is 26.7. The molecule has 0 aromatic heterocycles. The van der Waals surface area contributed by atoms with E-state index in [9.17, 15) is 9.59 Å². The van der Waals surface area contributed by atoms with E-state index in [1.165, 1.54) is 64.2 Å². The van der Waals surface area contributed by atoms with Crippen LogP contribution in [-0.2, 0) is 19.1 Å². The molecule has 188 valence electrons. The van der Waals surface area contributed by atoms with E-state index in [4.69, 9.17) is 9.47 Å². The Morgan fingerprint density at radius 1 is 0.500 bits per heavy atom. The van der Waals surface area contributed by atoms with E-state index in [1.54, 1.807) is 0 Å². The standard InChI is InChI=1S/C28H52O4/c1-3-5-25-31-27(29)23-21-19-17-15-13-11-9-7-8-10-12-14-16-18-20-22-24-28(30)32-26-6-4-2/h7-8H,3-6,9-26H2,1-2H3/b8-7+. The molecule has 0 aliphatic heterocycles. The molecule has 0 aromatic carbocycles. The van der Waals surface area contributed by atoms with Crippen molar-refractivity contribution in [3.05, 3.63) is 12.2 Å². The maximum atomic E-state index is 11.5. The number of carbonyl (C=O) groups excluding carboxylic acids is 2. The van der Waals surface area contributed by atoms with E-state index in [-0.39, 0.29) is 11.9 Å². The second kappa shape index (κ2) is 25.9. The maximum absolute atomic E-state index is 11.5. The van der Waals surface area contributed by atoms with Crippen LogP contribution < -0.4 is 0 Å². The monoisotopic (exact) mass is 452 g/mol. The molecule has 32 heavy (non-hydrogen) atoms. The van der Waals surface area contributed by atoms with Gasteiger partial charge in [0.25, 0.3) is 0 Å². The molecule has 0 rings (SSSR count). The molecule has 0 bridgehead atoms. The third-order valence-corrected chi connectivity index (χ3v) is 5.69. The molecular formula is C28H52O4. The molecular weight excluding hydrogens is 400 g/mol. The fraction of sp³-hybridized carbons (Fsp3) is 0.857. The summed E-state index contributed by atoms with van der Waals surface area (Å²) in [6, 6.07) is 0. The summed E-state index contributed by atoms with van der Waals surface area (Å²) < 4.78 is 10.3. The van der Waals surface area contributed by atoms with Crippen molar-refractivity contribution in [3.8, 4) is 0 Å². The molecule has 0 saturated heterocycles. The zero-order valence-electron chi connectivity index (χ0n) is 21.3. The minimum absolute atomic E-state index is 0.0247. The fourth-order valence-corrected chi connectivity index (χ4v) is 3.52. The Morgan fingerprint density at radius 3 is 1.22 bits per heavy atom. The van der Waals surface area contributed by atoms with Crippen molar-refractivity contribution >= 4 is 11.9 Å². The Labute approximate surface area is 198 Å². The SMILES string of the molecule is CCCCOC(=O)CCCCCCCC/C=C/CCCCCCCCC(=O)OCCCC. The van der Waals surface area contributed by atoms with Gasteiger partial charge in [-0.1, -0.05) is 90.2 Å². The molecule has 0 unspecified atom stereocenters. The number of esters is 2.